The zero-order chi connectivity index (χ0) is 14.4. The van der Waals surface area contributed by atoms with Gasteiger partial charge in [-0.3, -0.25) is 4.79 Å². The number of carbonyl (C=O) groups excluding carboxylic acids is 1. The van der Waals surface area contributed by atoms with Crippen molar-refractivity contribution in [3.05, 3.63) is 54.1 Å². The molecular formula is C14H18N4O2. The number of rotatable bonds is 6. The maximum absolute atomic E-state index is 12.1. The maximum atomic E-state index is 12.1. The van der Waals surface area contributed by atoms with E-state index in [2.05, 4.69) is 10.3 Å². The van der Waals surface area contributed by atoms with Crippen molar-refractivity contribution in [2.45, 2.75) is 12.6 Å². The molecule has 6 nitrogen and oxygen atoms in total. The number of hydrogen-bond donors (Lipinski definition) is 3. The first-order chi connectivity index (χ1) is 9.74. The molecule has 4 N–H and O–H groups in total. The Morgan fingerprint density at radius 1 is 1.40 bits per heavy atom. The minimum absolute atomic E-state index is 0.167. The fourth-order valence-corrected chi connectivity index (χ4v) is 1.90. The Labute approximate surface area is 117 Å². The van der Waals surface area contributed by atoms with Gasteiger partial charge in [-0.05, 0) is 5.56 Å². The van der Waals surface area contributed by atoms with E-state index < -0.39 is 6.04 Å². The lowest BCUT2D eigenvalue weighted by Gasteiger charge is -2.15. The highest BCUT2D eigenvalue weighted by atomic mass is 16.3. The molecule has 0 aliphatic rings. The summed E-state index contributed by atoms with van der Waals surface area (Å²) in [7, 11) is 0. The molecule has 0 unspecified atom stereocenters. The molecule has 1 aromatic carbocycles. The zero-order valence-corrected chi connectivity index (χ0v) is 11.1. The summed E-state index contributed by atoms with van der Waals surface area (Å²) in [5, 5.41) is 12.2. The number of benzene rings is 1. The molecule has 6 heteroatoms. The predicted octanol–water partition coefficient (Wildman–Crippen LogP) is 0.305. The van der Waals surface area contributed by atoms with Crippen LogP contribution >= 0.6 is 0 Å². The molecule has 20 heavy (non-hydrogen) atoms. The molecule has 2 rings (SSSR count). The van der Waals surface area contributed by atoms with Gasteiger partial charge in [0.2, 0.25) is 0 Å². The summed E-state index contributed by atoms with van der Waals surface area (Å²) >= 11 is 0. The highest BCUT2D eigenvalue weighted by Crippen LogP contribution is 2.12. The van der Waals surface area contributed by atoms with E-state index in [1.54, 1.807) is 17.1 Å². The SMILES string of the molecule is NCCn1cnc(C(=O)N[C@H](CO)c2ccccc2)c1. The van der Waals surface area contributed by atoms with Crippen molar-refractivity contribution < 1.29 is 9.90 Å². The highest BCUT2D eigenvalue weighted by Gasteiger charge is 2.16. The molecule has 1 aromatic heterocycles. The van der Waals surface area contributed by atoms with Crippen LogP contribution in [-0.2, 0) is 6.54 Å². The van der Waals surface area contributed by atoms with Gasteiger partial charge in [-0.15, -0.1) is 0 Å². The normalized spacial score (nSPS) is 12.1. The third kappa shape index (κ3) is 3.43. The number of aromatic nitrogens is 2. The Balaban J connectivity index is 2.05. The van der Waals surface area contributed by atoms with Crippen molar-refractivity contribution in [2.24, 2.45) is 5.73 Å². The van der Waals surface area contributed by atoms with E-state index in [0.717, 1.165) is 5.56 Å². The van der Waals surface area contributed by atoms with Crippen molar-refractivity contribution in [3.63, 3.8) is 0 Å². The second kappa shape index (κ2) is 6.83. The maximum Gasteiger partial charge on any atom is 0.272 e. The van der Waals surface area contributed by atoms with Crippen LogP contribution in [0.1, 0.15) is 22.1 Å². The Morgan fingerprint density at radius 3 is 2.80 bits per heavy atom. The van der Waals surface area contributed by atoms with Gasteiger partial charge >= 0.3 is 0 Å². The van der Waals surface area contributed by atoms with Crippen molar-refractivity contribution in [1.29, 1.82) is 0 Å². The largest absolute Gasteiger partial charge is 0.394 e. The van der Waals surface area contributed by atoms with E-state index in [4.69, 9.17) is 5.73 Å². The second-order valence-electron chi connectivity index (χ2n) is 4.40. The number of amides is 1. The number of aliphatic hydroxyl groups is 1. The Kier molecular flexibility index (Phi) is 4.86. The Bertz CT molecular complexity index is 553. The fourth-order valence-electron chi connectivity index (χ4n) is 1.90. The Hall–Kier alpha value is -2.18. The highest BCUT2D eigenvalue weighted by molar-refractivity contribution is 5.92. The zero-order valence-electron chi connectivity index (χ0n) is 11.1. The van der Waals surface area contributed by atoms with E-state index in [0.29, 0.717) is 18.8 Å². The van der Waals surface area contributed by atoms with Gasteiger partial charge in [-0.2, -0.15) is 0 Å². The summed E-state index contributed by atoms with van der Waals surface area (Å²) in [5.41, 5.74) is 6.61. The molecular weight excluding hydrogens is 256 g/mol. The smallest absolute Gasteiger partial charge is 0.272 e. The third-order valence-corrected chi connectivity index (χ3v) is 2.94. The molecule has 1 amide bonds. The lowest BCUT2D eigenvalue weighted by molar-refractivity contribution is 0.0911. The van der Waals surface area contributed by atoms with Crippen LogP contribution in [0.4, 0.5) is 0 Å². The Morgan fingerprint density at radius 2 is 2.15 bits per heavy atom. The van der Waals surface area contributed by atoms with Gasteiger partial charge in [0.25, 0.3) is 5.91 Å². The summed E-state index contributed by atoms with van der Waals surface area (Å²) < 4.78 is 1.76. The van der Waals surface area contributed by atoms with Gasteiger partial charge < -0.3 is 20.7 Å². The first kappa shape index (κ1) is 14.2. The summed E-state index contributed by atoms with van der Waals surface area (Å²) in [4.78, 5) is 16.1. The molecule has 0 saturated carbocycles. The lowest BCUT2D eigenvalue weighted by Crippen LogP contribution is -2.31. The van der Waals surface area contributed by atoms with Crippen LogP contribution in [0, 0.1) is 0 Å². The molecule has 0 spiro atoms. The van der Waals surface area contributed by atoms with Crippen LogP contribution in [0.3, 0.4) is 0 Å². The summed E-state index contributed by atoms with van der Waals surface area (Å²) in [6, 6.07) is 8.88. The monoisotopic (exact) mass is 274 g/mol. The number of nitrogens with one attached hydrogen (secondary N) is 1. The molecule has 0 radical (unpaired) electrons. The number of nitrogens with two attached hydrogens (primary N) is 1. The standard InChI is InChI=1S/C14H18N4O2/c15-6-7-18-8-12(16-10-18)14(20)17-13(9-19)11-4-2-1-3-5-11/h1-5,8,10,13,19H,6-7,9,15H2,(H,17,20)/t13-/m1/s1. The minimum Gasteiger partial charge on any atom is -0.394 e. The molecule has 0 aliphatic heterocycles. The van der Waals surface area contributed by atoms with Crippen LogP contribution < -0.4 is 11.1 Å². The lowest BCUT2D eigenvalue weighted by atomic mass is 10.1. The van der Waals surface area contributed by atoms with Crippen molar-refractivity contribution in [2.75, 3.05) is 13.2 Å². The van der Waals surface area contributed by atoms with E-state index in [1.165, 1.54) is 0 Å². The first-order valence-electron chi connectivity index (χ1n) is 6.43. The van der Waals surface area contributed by atoms with E-state index >= 15 is 0 Å². The van der Waals surface area contributed by atoms with Crippen LogP contribution in [-0.4, -0.2) is 33.7 Å². The summed E-state index contributed by atoms with van der Waals surface area (Å²) in [6.45, 7) is 0.933. The quantitative estimate of drug-likeness (QED) is 0.706. The second-order valence-corrected chi connectivity index (χ2v) is 4.40. The molecule has 0 saturated heterocycles. The molecule has 0 aliphatic carbocycles. The number of carbonyl (C=O) groups is 1. The van der Waals surface area contributed by atoms with Crippen molar-refractivity contribution >= 4 is 5.91 Å². The summed E-state index contributed by atoms with van der Waals surface area (Å²) in [5.74, 6) is -0.316. The van der Waals surface area contributed by atoms with E-state index in [1.807, 2.05) is 30.3 Å². The van der Waals surface area contributed by atoms with Gasteiger partial charge in [0.05, 0.1) is 19.0 Å². The number of imidazole rings is 1. The first-order valence-corrected chi connectivity index (χ1v) is 6.43. The molecule has 2 aromatic rings. The van der Waals surface area contributed by atoms with E-state index in [-0.39, 0.29) is 12.5 Å². The third-order valence-electron chi connectivity index (χ3n) is 2.94. The molecule has 0 bridgehead atoms. The average molecular weight is 274 g/mol. The van der Waals surface area contributed by atoms with Crippen LogP contribution in [0.2, 0.25) is 0 Å². The molecule has 1 atom stereocenters. The minimum atomic E-state index is -0.441. The number of nitrogens with zero attached hydrogens (tertiary/aromatic N) is 2. The molecule has 1 heterocycles. The van der Waals surface area contributed by atoms with Crippen molar-refractivity contribution in [1.82, 2.24) is 14.9 Å². The number of hydrogen-bond acceptors (Lipinski definition) is 4. The predicted molar refractivity (Wildman–Crippen MR) is 75.0 cm³/mol. The van der Waals surface area contributed by atoms with E-state index in [9.17, 15) is 9.90 Å². The average Bonchev–Trinajstić information content (AvgIpc) is 2.94. The van der Waals surface area contributed by atoms with Gasteiger partial charge in [-0.1, -0.05) is 30.3 Å². The van der Waals surface area contributed by atoms with Crippen LogP contribution in [0.5, 0.6) is 0 Å². The summed E-state index contributed by atoms with van der Waals surface area (Å²) in [6.07, 6.45) is 3.21. The van der Waals surface area contributed by atoms with Crippen molar-refractivity contribution in [3.8, 4) is 0 Å². The van der Waals surface area contributed by atoms with Gasteiger partial charge in [0.15, 0.2) is 0 Å². The molecule has 106 valence electrons. The molecule has 0 fully saturated rings. The number of aliphatic hydroxyl groups excluding tert-OH is 1. The van der Waals surface area contributed by atoms with Crippen LogP contribution in [0.15, 0.2) is 42.9 Å². The van der Waals surface area contributed by atoms with Gasteiger partial charge in [-0.25, -0.2) is 4.98 Å². The van der Waals surface area contributed by atoms with Gasteiger partial charge in [0.1, 0.15) is 5.69 Å². The van der Waals surface area contributed by atoms with Gasteiger partial charge in [0, 0.05) is 19.3 Å². The fraction of sp³-hybridized carbons (Fsp3) is 0.286. The van der Waals surface area contributed by atoms with Crippen LogP contribution in [0.25, 0.3) is 0 Å². The topological polar surface area (TPSA) is 93.2 Å².